The van der Waals surface area contributed by atoms with Crippen LogP contribution in [-0.4, -0.2) is 5.88 Å². The number of alkyl halides is 1. The van der Waals surface area contributed by atoms with Crippen molar-refractivity contribution >= 4 is 11.6 Å². The minimum absolute atomic E-state index is 0.589. The van der Waals surface area contributed by atoms with E-state index in [2.05, 4.69) is 13.8 Å². The van der Waals surface area contributed by atoms with Crippen molar-refractivity contribution in [2.24, 2.45) is 11.3 Å². The van der Waals surface area contributed by atoms with Crippen molar-refractivity contribution in [1.29, 1.82) is 0 Å². The standard InChI is InChI=1S/C9H17Cl/c1-8(2)3-4-9(7-10)5-6-9/h8H,3-7H2,1-2H3. The van der Waals surface area contributed by atoms with Crippen molar-refractivity contribution in [2.45, 2.75) is 39.5 Å². The smallest absolute Gasteiger partial charge is 0.0280 e. The zero-order valence-electron chi connectivity index (χ0n) is 6.99. The van der Waals surface area contributed by atoms with Crippen LogP contribution >= 0.6 is 11.6 Å². The van der Waals surface area contributed by atoms with Crippen LogP contribution < -0.4 is 0 Å². The van der Waals surface area contributed by atoms with E-state index in [1.807, 2.05) is 0 Å². The van der Waals surface area contributed by atoms with E-state index in [0.717, 1.165) is 11.8 Å². The van der Waals surface area contributed by atoms with Crippen LogP contribution in [0.4, 0.5) is 0 Å². The largest absolute Gasteiger partial charge is 0.126 e. The van der Waals surface area contributed by atoms with Crippen LogP contribution in [0.2, 0.25) is 0 Å². The fourth-order valence-corrected chi connectivity index (χ4v) is 1.62. The SMILES string of the molecule is CC(C)CCC1(CCl)CC1. The molecule has 0 spiro atoms. The molecule has 1 fully saturated rings. The molecule has 0 heterocycles. The normalized spacial score (nSPS) is 21.6. The quantitative estimate of drug-likeness (QED) is 0.553. The molecular formula is C9H17Cl. The van der Waals surface area contributed by atoms with Crippen LogP contribution in [0, 0.1) is 11.3 Å². The number of halogens is 1. The van der Waals surface area contributed by atoms with E-state index in [4.69, 9.17) is 11.6 Å². The molecule has 0 aromatic heterocycles. The van der Waals surface area contributed by atoms with Gasteiger partial charge >= 0.3 is 0 Å². The first kappa shape index (κ1) is 8.39. The minimum Gasteiger partial charge on any atom is -0.126 e. The van der Waals surface area contributed by atoms with E-state index in [1.165, 1.54) is 25.7 Å². The first-order valence-electron chi connectivity index (χ1n) is 4.24. The van der Waals surface area contributed by atoms with Crippen molar-refractivity contribution in [3.8, 4) is 0 Å². The van der Waals surface area contributed by atoms with Gasteiger partial charge in [0.1, 0.15) is 0 Å². The number of rotatable bonds is 4. The summed E-state index contributed by atoms with van der Waals surface area (Å²) in [6, 6.07) is 0. The summed E-state index contributed by atoms with van der Waals surface area (Å²) >= 11 is 5.84. The number of hydrogen-bond donors (Lipinski definition) is 0. The average molecular weight is 161 g/mol. The lowest BCUT2D eigenvalue weighted by molar-refractivity contribution is 0.440. The van der Waals surface area contributed by atoms with E-state index >= 15 is 0 Å². The Morgan fingerprint density at radius 2 is 2.00 bits per heavy atom. The zero-order valence-corrected chi connectivity index (χ0v) is 7.75. The molecule has 0 aromatic rings. The monoisotopic (exact) mass is 160 g/mol. The summed E-state index contributed by atoms with van der Waals surface area (Å²) in [6.45, 7) is 4.56. The molecule has 1 rings (SSSR count). The summed E-state index contributed by atoms with van der Waals surface area (Å²) in [5, 5.41) is 0. The Morgan fingerprint density at radius 1 is 1.40 bits per heavy atom. The molecule has 60 valence electrons. The molecule has 1 aliphatic carbocycles. The van der Waals surface area contributed by atoms with Crippen LogP contribution in [0.25, 0.3) is 0 Å². The molecule has 1 heteroatoms. The van der Waals surface area contributed by atoms with Gasteiger partial charge in [-0.05, 0) is 30.6 Å². The lowest BCUT2D eigenvalue weighted by atomic mass is 9.97. The molecule has 0 amide bonds. The first-order valence-corrected chi connectivity index (χ1v) is 4.78. The van der Waals surface area contributed by atoms with Gasteiger partial charge in [0.05, 0.1) is 0 Å². The van der Waals surface area contributed by atoms with Gasteiger partial charge in [0, 0.05) is 5.88 Å². The molecule has 0 N–H and O–H groups in total. The third kappa shape index (κ3) is 2.16. The Balaban J connectivity index is 2.13. The molecular weight excluding hydrogens is 144 g/mol. The van der Waals surface area contributed by atoms with Crippen LogP contribution in [0.3, 0.4) is 0 Å². The Kier molecular flexibility index (Phi) is 2.62. The van der Waals surface area contributed by atoms with Crippen LogP contribution in [-0.2, 0) is 0 Å². The molecule has 0 aliphatic heterocycles. The van der Waals surface area contributed by atoms with E-state index in [9.17, 15) is 0 Å². The van der Waals surface area contributed by atoms with Crippen LogP contribution in [0.1, 0.15) is 39.5 Å². The van der Waals surface area contributed by atoms with E-state index < -0.39 is 0 Å². The maximum Gasteiger partial charge on any atom is 0.0280 e. The molecule has 1 aliphatic rings. The first-order chi connectivity index (χ1) is 4.68. The third-order valence-corrected chi connectivity index (χ3v) is 3.06. The number of hydrogen-bond acceptors (Lipinski definition) is 0. The summed E-state index contributed by atoms with van der Waals surface area (Å²) in [7, 11) is 0. The maximum absolute atomic E-state index is 5.84. The summed E-state index contributed by atoms with van der Waals surface area (Å²) < 4.78 is 0. The Hall–Kier alpha value is 0.290. The van der Waals surface area contributed by atoms with Gasteiger partial charge in [-0.25, -0.2) is 0 Å². The van der Waals surface area contributed by atoms with Gasteiger partial charge in [0.25, 0.3) is 0 Å². The predicted octanol–water partition coefficient (Wildman–Crippen LogP) is 3.44. The maximum atomic E-state index is 5.84. The van der Waals surface area contributed by atoms with Gasteiger partial charge in [0.15, 0.2) is 0 Å². The highest BCUT2D eigenvalue weighted by Gasteiger charge is 2.40. The van der Waals surface area contributed by atoms with Crippen molar-refractivity contribution in [2.75, 3.05) is 5.88 Å². The molecule has 0 unspecified atom stereocenters. The van der Waals surface area contributed by atoms with Crippen molar-refractivity contribution in [3.05, 3.63) is 0 Å². The predicted molar refractivity (Wildman–Crippen MR) is 46.5 cm³/mol. The van der Waals surface area contributed by atoms with Gasteiger partial charge in [-0.2, -0.15) is 0 Å². The summed E-state index contributed by atoms with van der Waals surface area (Å²) in [6.07, 6.45) is 5.47. The topological polar surface area (TPSA) is 0 Å². The lowest BCUT2D eigenvalue weighted by Crippen LogP contribution is -2.03. The van der Waals surface area contributed by atoms with E-state index in [0.29, 0.717) is 5.41 Å². The Bertz CT molecular complexity index is 103. The molecule has 0 radical (unpaired) electrons. The molecule has 0 aromatic carbocycles. The lowest BCUT2D eigenvalue weighted by Gasteiger charge is -2.11. The summed E-state index contributed by atoms with van der Waals surface area (Å²) in [5.74, 6) is 1.74. The van der Waals surface area contributed by atoms with Crippen LogP contribution in [0.5, 0.6) is 0 Å². The average Bonchev–Trinajstić information content (AvgIpc) is 2.64. The zero-order chi connectivity index (χ0) is 7.61. The second-order valence-corrected chi connectivity index (χ2v) is 4.33. The third-order valence-electron chi connectivity index (χ3n) is 2.49. The molecule has 0 nitrogen and oxygen atoms in total. The molecule has 0 saturated heterocycles. The second-order valence-electron chi connectivity index (χ2n) is 4.07. The molecule has 1 saturated carbocycles. The molecule has 10 heavy (non-hydrogen) atoms. The van der Waals surface area contributed by atoms with Crippen molar-refractivity contribution < 1.29 is 0 Å². The highest BCUT2D eigenvalue weighted by molar-refractivity contribution is 6.18. The molecule has 0 atom stereocenters. The highest BCUT2D eigenvalue weighted by atomic mass is 35.5. The molecule has 0 bridgehead atoms. The van der Waals surface area contributed by atoms with Crippen molar-refractivity contribution in [1.82, 2.24) is 0 Å². The minimum atomic E-state index is 0.589. The van der Waals surface area contributed by atoms with Gasteiger partial charge in [-0.15, -0.1) is 11.6 Å². The van der Waals surface area contributed by atoms with Crippen molar-refractivity contribution in [3.63, 3.8) is 0 Å². The Labute approximate surface area is 69.0 Å². The van der Waals surface area contributed by atoms with Gasteiger partial charge in [0.2, 0.25) is 0 Å². The second kappa shape index (κ2) is 3.13. The van der Waals surface area contributed by atoms with Gasteiger partial charge < -0.3 is 0 Å². The summed E-state index contributed by atoms with van der Waals surface area (Å²) in [5.41, 5.74) is 0.589. The van der Waals surface area contributed by atoms with E-state index in [1.54, 1.807) is 0 Å². The van der Waals surface area contributed by atoms with Crippen LogP contribution in [0.15, 0.2) is 0 Å². The summed E-state index contributed by atoms with van der Waals surface area (Å²) in [4.78, 5) is 0. The fourth-order valence-electron chi connectivity index (χ4n) is 1.22. The highest BCUT2D eigenvalue weighted by Crippen LogP contribution is 2.50. The Morgan fingerprint density at radius 3 is 2.30 bits per heavy atom. The van der Waals surface area contributed by atoms with E-state index in [-0.39, 0.29) is 0 Å². The fraction of sp³-hybridized carbons (Fsp3) is 1.00. The van der Waals surface area contributed by atoms with Gasteiger partial charge in [-0.3, -0.25) is 0 Å². The van der Waals surface area contributed by atoms with Gasteiger partial charge in [-0.1, -0.05) is 20.3 Å².